The van der Waals surface area contributed by atoms with Gasteiger partial charge in [-0.25, -0.2) is 4.98 Å². The van der Waals surface area contributed by atoms with E-state index in [1.54, 1.807) is 0 Å². The standard InChI is InChI=1S/C21H28N4OS/c1-18-5-7-19(8-6-18)17-27-15-10-23-21(26)16-24-11-13-25(14-12-24)20-4-2-3-9-22-20/h2-9H,10-17H2,1H3,(H,23,26). The molecule has 1 aromatic carbocycles. The number of aromatic nitrogens is 1. The maximum absolute atomic E-state index is 12.1. The zero-order valence-corrected chi connectivity index (χ0v) is 16.8. The number of pyridine rings is 1. The van der Waals surface area contributed by atoms with Crippen LogP contribution in [0.3, 0.4) is 0 Å². The minimum atomic E-state index is 0.122. The van der Waals surface area contributed by atoms with E-state index in [1.165, 1.54) is 11.1 Å². The second-order valence-electron chi connectivity index (χ2n) is 6.84. The van der Waals surface area contributed by atoms with Crippen molar-refractivity contribution in [3.63, 3.8) is 0 Å². The van der Waals surface area contributed by atoms with Gasteiger partial charge in [-0.3, -0.25) is 9.69 Å². The van der Waals surface area contributed by atoms with Crippen molar-refractivity contribution in [2.24, 2.45) is 0 Å². The summed E-state index contributed by atoms with van der Waals surface area (Å²) in [5.74, 6) is 3.07. The molecule has 6 heteroatoms. The molecule has 27 heavy (non-hydrogen) atoms. The Morgan fingerprint density at radius 2 is 1.89 bits per heavy atom. The number of rotatable bonds is 8. The third-order valence-electron chi connectivity index (χ3n) is 4.67. The monoisotopic (exact) mass is 384 g/mol. The molecule has 3 rings (SSSR count). The van der Waals surface area contributed by atoms with Crippen LogP contribution >= 0.6 is 11.8 Å². The number of nitrogens with zero attached hydrogens (tertiary/aromatic N) is 3. The lowest BCUT2D eigenvalue weighted by Gasteiger charge is -2.34. The Morgan fingerprint density at radius 3 is 2.59 bits per heavy atom. The maximum Gasteiger partial charge on any atom is 0.234 e. The molecule has 0 radical (unpaired) electrons. The van der Waals surface area contributed by atoms with Gasteiger partial charge in [0, 0.05) is 50.4 Å². The van der Waals surface area contributed by atoms with Crippen molar-refractivity contribution in [1.82, 2.24) is 15.2 Å². The minimum absolute atomic E-state index is 0.122. The highest BCUT2D eigenvalue weighted by molar-refractivity contribution is 7.98. The van der Waals surface area contributed by atoms with Crippen LogP contribution in [-0.2, 0) is 10.5 Å². The van der Waals surface area contributed by atoms with E-state index in [9.17, 15) is 4.79 Å². The van der Waals surface area contributed by atoms with Crippen molar-refractivity contribution >= 4 is 23.5 Å². The van der Waals surface area contributed by atoms with E-state index in [1.807, 2.05) is 36.2 Å². The zero-order chi connectivity index (χ0) is 18.9. The van der Waals surface area contributed by atoms with Gasteiger partial charge in [0.05, 0.1) is 6.54 Å². The van der Waals surface area contributed by atoms with Gasteiger partial charge < -0.3 is 10.2 Å². The van der Waals surface area contributed by atoms with Crippen LogP contribution in [0.1, 0.15) is 11.1 Å². The van der Waals surface area contributed by atoms with E-state index < -0.39 is 0 Å². The van der Waals surface area contributed by atoms with Crippen LogP contribution in [0.25, 0.3) is 0 Å². The van der Waals surface area contributed by atoms with Gasteiger partial charge in [0.2, 0.25) is 5.91 Å². The molecule has 0 bridgehead atoms. The molecule has 1 amide bonds. The normalized spacial score (nSPS) is 14.9. The number of nitrogens with one attached hydrogen (secondary N) is 1. The van der Waals surface area contributed by atoms with Crippen molar-refractivity contribution in [2.75, 3.05) is 49.9 Å². The Kier molecular flexibility index (Phi) is 7.54. The highest BCUT2D eigenvalue weighted by Crippen LogP contribution is 2.13. The fraction of sp³-hybridized carbons (Fsp3) is 0.429. The first-order valence-electron chi connectivity index (χ1n) is 9.49. The van der Waals surface area contributed by atoms with Crippen LogP contribution in [0, 0.1) is 6.92 Å². The number of benzene rings is 1. The molecule has 0 saturated carbocycles. The van der Waals surface area contributed by atoms with Gasteiger partial charge in [0.15, 0.2) is 0 Å². The first-order chi connectivity index (χ1) is 13.2. The fourth-order valence-electron chi connectivity index (χ4n) is 3.07. The lowest BCUT2D eigenvalue weighted by Crippen LogP contribution is -2.49. The van der Waals surface area contributed by atoms with Crippen LogP contribution in [0.4, 0.5) is 5.82 Å². The van der Waals surface area contributed by atoms with E-state index in [4.69, 9.17) is 0 Å². The fourth-order valence-corrected chi connectivity index (χ4v) is 3.89. The minimum Gasteiger partial charge on any atom is -0.354 e. The Balaban J connectivity index is 1.27. The van der Waals surface area contributed by atoms with E-state index >= 15 is 0 Å². The molecule has 2 aromatic rings. The summed E-state index contributed by atoms with van der Waals surface area (Å²) in [5, 5.41) is 3.04. The average Bonchev–Trinajstić information content (AvgIpc) is 2.70. The number of hydrogen-bond acceptors (Lipinski definition) is 5. The summed E-state index contributed by atoms with van der Waals surface area (Å²) in [6.07, 6.45) is 1.83. The van der Waals surface area contributed by atoms with Crippen molar-refractivity contribution in [2.45, 2.75) is 12.7 Å². The summed E-state index contributed by atoms with van der Waals surface area (Å²) in [7, 11) is 0. The molecule has 5 nitrogen and oxygen atoms in total. The molecule has 1 aromatic heterocycles. The van der Waals surface area contributed by atoms with Crippen LogP contribution < -0.4 is 10.2 Å². The predicted octanol–water partition coefficient (Wildman–Crippen LogP) is 2.56. The number of amides is 1. The number of carbonyl (C=O) groups excluding carboxylic acids is 1. The zero-order valence-electron chi connectivity index (χ0n) is 15.9. The average molecular weight is 385 g/mol. The molecule has 0 spiro atoms. The molecule has 2 heterocycles. The Morgan fingerprint density at radius 1 is 1.11 bits per heavy atom. The van der Waals surface area contributed by atoms with E-state index in [0.717, 1.165) is 50.0 Å². The second-order valence-corrected chi connectivity index (χ2v) is 7.94. The number of thioether (sulfide) groups is 1. The van der Waals surface area contributed by atoms with Crippen LogP contribution in [0.2, 0.25) is 0 Å². The molecule has 0 aliphatic carbocycles. The summed E-state index contributed by atoms with van der Waals surface area (Å²) in [6, 6.07) is 14.6. The van der Waals surface area contributed by atoms with E-state index in [0.29, 0.717) is 6.54 Å². The highest BCUT2D eigenvalue weighted by atomic mass is 32.2. The molecule has 1 fully saturated rings. The first-order valence-corrected chi connectivity index (χ1v) is 10.6. The number of piperazine rings is 1. The van der Waals surface area contributed by atoms with Crippen molar-refractivity contribution in [3.8, 4) is 0 Å². The Labute approximate surface area is 166 Å². The summed E-state index contributed by atoms with van der Waals surface area (Å²) >= 11 is 1.86. The lowest BCUT2D eigenvalue weighted by molar-refractivity contribution is -0.122. The predicted molar refractivity (Wildman–Crippen MR) is 113 cm³/mol. The SMILES string of the molecule is Cc1ccc(CSCCNC(=O)CN2CCN(c3ccccn3)CC2)cc1. The summed E-state index contributed by atoms with van der Waals surface area (Å²) < 4.78 is 0. The largest absolute Gasteiger partial charge is 0.354 e. The van der Waals surface area contributed by atoms with Crippen LogP contribution in [-0.4, -0.2) is 60.8 Å². The van der Waals surface area contributed by atoms with Crippen molar-refractivity contribution in [1.29, 1.82) is 0 Å². The van der Waals surface area contributed by atoms with Crippen LogP contribution in [0.15, 0.2) is 48.7 Å². The van der Waals surface area contributed by atoms with Crippen molar-refractivity contribution in [3.05, 3.63) is 59.8 Å². The van der Waals surface area contributed by atoms with Gasteiger partial charge in [0.1, 0.15) is 5.82 Å². The number of aryl methyl sites for hydroxylation is 1. The summed E-state index contributed by atoms with van der Waals surface area (Å²) in [4.78, 5) is 21.0. The van der Waals surface area contributed by atoms with Gasteiger partial charge in [-0.05, 0) is 24.6 Å². The van der Waals surface area contributed by atoms with Gasteiger partial charge in [0.25, 0.3) is 0 Å². The molecule has 0 atom stereocenters. The Bertz CT molecular complexity index is 700. The number of hydrogen-bond donors (Lipinski definition) is 1. The molecule has 1 N–H and O–H groups in total. The number of anilines is 1. The van der Waals surface area contributed by atoms with Gasteiger partial charge >= 0.3 is 0 Å². The Hall–Kier alpha value is -2.05. The summed E-state index contributed by atoms with van der Waals surface area (Å²) in [6.45, 7) is 6.93. The van der Waals surface area contributed by atoms with E-state index in [2.05, 4.69) is 51.3 Å². The number of carbonyl (C=O) groups is 1. The van der Waals surface area contributed by atoms with Gasteiger partial charge in [-0.15, -0.1) is 0 Å². The quantitative estimate of drug-likeness (QED) is 0.709. The highest BCUT2D eigenvalue weighted by Gasteiger charge is 2.19. The lowest BCUT2D eigenvalue weighted by atomic mass is 10.2. The van der Waals surface area contributed by atoms with Crippen LogP contribution in [0.5, 0.6) is 0 Å². The maximum atomic E-state index is 12.1. The van der Waals surface area contributed by atoms with Crippen molar-refractivity contribution < 1.29 is 4.79 Å². The topological polar surface area (TPSA) is 48.5 Å². The molecule has 0 unspecified atom stereocenters. The molecule has 1 saturated heterocycles. The molecule has 144 valence electrons. The summed E-state index contributed by atoms with van der Waals surface area (Å²) in [5.41, 5.74) is 2.62. The third kappa shape index (κ3) is 6.56. The van der Waals surface area contributed by atoms with Gasteiger partial charge in [-0.1, -0.05) is 35.9 Å². The smallest absolute Gasteiger partial charge is 0.234 e. The molecular weight excluding hydrogens is 356 g/mol. The third-order valence-corrected chi connectivity index (χ3v) is 5.70. The molecular formula is C21H28N4OS. The molecule has 1 aliphatic heterocycles. The van der Waals surface area contributed by atoms with E-state index in [-0.39, 0.29) is 5.91 Å². The molecule has 1 aliphatic rings. The first kappa shape index (κ1) is 19.7. The van der Waals surface area contributed by atoms with Gasteiger partial charge in [-0.2, -0.15) is 11.8 Å². The second kappa shape index (κ2) is 10.3.